The molecule has 164 valence electrons. The summed E-state index contributed by atoms with van der Waals surface area (Å²) in [5.41, 5.74) is 1.23. The van der Waals surface area contributed by atoms with Gasteiger partial charge in [-0.3, -0.25) is 9.79 Å². The van der Waals surface area contributed by atoms with Gasteiger partial charge in [-0.05, 0) is 43.4 Å². The van der Waals surface area contributed by atoms with Crippen molar-refractivity contribution in [1.82, 2.24) is 15.1 Å². The van der Waals surface area contributed by atoms with E-state index < -0.39 is 0 Å². The van der Waals surface area contributed by atoms with E-state index in [1.165, 1.54) is 18.4 Å². The van der Waals surface area contributed by atoms with E-state index in [1.807, 2.05) is 24.1 Å². The van der Waals surface area contributed by atoms with Gasteiger partial charge in [0, 0.05) is 51.8 Å². The van der Waals surface area contributed by atoms with E-state index in [4.69, 9.17) is 4.74 Å². The third kappa shape index (κ3) is 4.46. The number of aliphatic imine (C=N–C) groups is 1. The molecule has 1 amide bonds. The summed E-state index contributed by atoms with van der Waals surface area (Å²) in [7, 11) is 1.81. The summed E-state index contributed by atoms with van der Waals surface area (Å²) >= 11 is 0. The van der Waals surface area contributed by atoms with Gasteiger partial charge in [0.25, 0.3) is 5.91 Å². The fraction of sp³-hybridized carbons (Fsp3) is 0.652. The Labute approximate surface area is 178 Å². The highest BCUT2D eigenvalue weighted by Crippen LogP contribution is 2.40. The molecule has 7 heteroatoms. The predicted molar refractivity (Wildman–Crippen MR) is 115 cm³/mol. The number of carbonyl (C=O) groups is 1. The fourth-order valence-electron chi connectivity index (χ4n) is 5.12. The van der Waals surface area contributed by atoms with Gasteiger partial charge in [0.15, 0.2) is 5.96 Å². The SMILES string of the molecule is CN=C(NCC1(c2ccc(F)cc2)CCCC1)N1CCN(C(=O)C2CCCO2)CC1. The topological polar surface area (TPSA) is 57.2 Å². The maximum absolute atomic E-state index is 13.4. The van der Waals surface area contributed by atoms with Crippen molar-refractivity contribution in [2.24, 2.45) is 4.99 Å². The molecule has 4 rings (SSSR count). The van der Waals surface area contributed by atoms with Crippen LogP contribution in [0.25, 0.3) is 0 Å². The molecule has 6 nitrogen and oxygen atoms in total. The molecule has 1 unspecified atom stereocenters. The second-order valence-electron chi connectivity index (χ2n) is 8.71. The first-order chi connectivity index (χ1) is 14.6. The Morgan fingerprint density at radius 1 is 1.13 bits per heavy atom. The van der Waals surface area contributed by atoms with Crippen LogP contribution in [0.1, 0.15) is 44.1 Å². The number of ether oxygens (including phenoxy) is 1. The van der Waals surface area contributed by atoms with Crippen molar-refractivity contribution >= 4 is 11.9 Å². The van der Waals surface area contributed by atoms with Crippen LogP contribution in [0.4, 0.5) is 4.39 Å². The zero-order valence-electron chi connectivity index (χ0n) is 17.9. The van der Waals surface area contributed by atoms with Crippen molar-refractivity contribution in [1.29, 1.82) is 0 Å². The number of guanidine groups is 1. The zero-order valence-corrected chi connectivity index (χ0v) is 17.9. The van der Waals surface area contributed by atoms with Gasteiger partial charge >= 0.3 is 0 Å². The second kappa shape index (κ2) is 9.33. The van der Waals surface area contributed by atoms with E-state index in [0.29, 0.717) is 19.7 Å². The molecule has 2 saturated heterocycles. The lowest BCUT2D eigenvalue weighted by Crippen LogP contribution is -2.56. The largest absolute Gasteiger partial charge is 0.368 e. The number of benzene rings is 1. The number of nitrogens with zero attached hydrogens (tertiary/aromatic N) is 3. The van der Waals surface area contributed by atoms with Gasteiger partial charge < -0.3 is 19.9 Å². The van der Waals surface area contributed by atoms with Gasteiger partial charge in [0.05, 0.1) is 0 Å². The van der Waals surface area contributed by atoms with Gasteiger partial charge in [-0.1, -0.05) is 25.0 Å². The van der Waals surface area contributed by atoms with Crippen LogP contribution in [0.2, 0.25) is 0 Å². The Morgan fingerprint density at radius 2 is 1.80 bits per heavy atom. The number of hydrogen-bond donors (Lipinski definition) is 1. The molecule has 1 aliphatic carbocycles. The van der Waals surface area contributed by atoms with Crippen molar-refractivity contribution < 1.29 is 13.9 Å². The predicted octanol–water partition coefficient (Wildman–Crippen LogP) is 2.54. The monoisotopic (exact) mass is 416 g/mol. The average Bonchev–Trinajstić information content (AvgIpc) is 3.48. The maximum Gasteiger partial charge on any atom is 0.251 e. The number of hydrogen-bond acceptors (Lipinski definition) is 3. The molecule has 2 aliphatic heterocycles. The number of piperazine rings is 1. The summed E-state index contributed by atoms with van der Waals surface area (Å²) in [6.45, 7) is 4.41. The van der Waals surface area contributed by atoms with Gasteiger partial charge in [-0.2, -0.15) is 0 Å². The van der Waals surface area contributed by atoms with Crippen molar-refractivity contribution in [3.8, 4) is 0 Å². The summed E-state index contributed by atoms with van der Waals surface area (Å²) in [4.78, 5) is 21.2. The number of rotatable bonds is 4. The molecule has 1 aromatic rings. The molecule has 3 aliphatic rings. The van der Waals surface area contributed by atoms with E-state index in [0.717, 1.165) is 51.3 Å². The minimum Gasteiger partial charge on any atom is -0.368 e. The van der Waals surface area contributed by atoms with E-state index in [-0.39, 0.29) is 23.2 Å². The Kier molecular flexibility index (Phi) is 6.56. The summed E-state index contributed by atoms with van der Waals surface area (Å²) < 4.78 is 19.0. The van der Waals surface area contributed by atoms with Crippen LogP contribution in [0, 0.1) is 5.82 Å². The molecule has 0 bridgehead atoms. The lowest BCUT2D eigenvalue weighted by atomic mass is 9.79. The highest BCUT2D eigenvalue weighted by molar-refractivity contribution is 5.83. The molecule has 1 aromatic carbocycles. The summed E-state index contributed by atoms with van der Waals surface area (Å²) in [5.74, 6) is 0.829. The first-order valence-electron chi connectivity index (χ1n) is 11.2. The molecule has 1 N–H and O–H groups in total. The quantitative estimate of drug-likeness (QED) is 0.605. The molecule has 0 aromatic heterocycles. The Morgan fingerprint density at radius 3 is 2.40 bits per heavy atom. The first-order valence-corrected chi connectivity index (χ1v) is 11.2. The summed E-state index contributed by atoms with van der Waals surface area (Å²) in [6, 6.07) is 6.99. The lowest BCUT2D eigenvalue weighted by Gasteiger charge is -2.38. The Balaban J connectivity index is 1.34. The summed E-state index contributed by atoms with van der Waals surface area (Å²) in [5, 5.41) is 3.59. The van der Waals surface area contributed by atoms with Crippen molar-refractivity contribution in [3.63, 3.8) is 0 Å². The molecular formula is C23H33FN4O2. The highest BCUT2D eigenvalue weighted by Gasteiger charge is 2.36. The maximum atomic E-state index is 13.4. The third-order valence-corrected chi connectivity index (χ3v) is 6.91. The van der Waals surface area contributed by atoms with Gasteiger partial charge in [-0.25, -0.2) is 4.39 Å². The normalized spacial score (nSPS) is 24.3. The molecule has 2 heterocycles. The Bertz CT molecular complexity index is 747. The van der Waals surface area contributed by atoms with Crippen molar-refractivity contribution in [2.45, 2.75) is 50.0 Å². The van der Waals surface area contributed by atoms with E-state index >= 15 is 0 Å². The molecule has 0 spiro atoms. The number of carbonyl (C=O) groups excluding carboxylic acids is 1. The molecular weight excluding hydrogens is 383 g/mol. The van der Waals surface area contributed by atoms with Crippen LogP contribution in [-0.4, -0.2) is 74.1 Å². The van der Waals surface area contributed by atoms with E-state index in [2.05, 4.69) is 15.2 Å². The minimum atomic E-state index is -0.244. The van der Waals surface area contributed by atoms with E-state index in [1.54, 1.807) is 12.1 Å². The van der Waals surface area contributed by atoms with Crippen LogP contribution in [0.15, 0.2) is 29.3 Å². The van der Waals surface area contributed by atoms with Crippen LogP contribution >= 0.6 is 0 Å². The van der Waals surface area contributed by atoms with Crippen molar-refractivity contribution in [3.05, 3.63) is 35.6 Å². The number of amides is 1. The van der Waals surface area contributed by atoms with Crippen molar-refractivity contribution in [2.75, 3.05) is 46.4 Å². The minimum absolute atomic E-state index is 0.0290. The fourth-order valence-corrected chi connectivity index (χ4v) is 5.12. The second-order valence-corrected chi connectivity index (χ2v) is 8.71. The molecule has 3 fully saturated rings. The average molecular weight is 417 g/mol. The number of nitrogens with one attached hydrogen (secondary N) is 1. The lowest BCUT2D eigenvalue weighted by molar-refractivity contribution is -0.142. The molecule has 1 atom stereocenters. The number of halogens is 1. The molecule has 1 saturated carbocycles. The Hall–Kier alpha value is -2.15. The molecule has 0 radical (unpaired) electrons. The molecule has 30 heavy (non-hydrogen) atoms. The van der Waals surface area contributed by atoms with Gasteiger partial charge in [0.2, 0.25) is 0 Å². The van der Waals surface area contributed by atoms with Crippen LogP contribution in [-0.2, 0) is 14.9 Å². The van der Waals surface area contributed by atoms with Gasteiger partial charge in [0.1, 0.15) is 11.9 Å². The van der Waals surface area contributed by atoms with Crippen LogP contribution < -0.4 is 5.32 Å². The van der Waals surface area contributed by atoms with Crippen LogP contribution in [0.3, 0.4) is 0 Å². The third-order valence-electron chi connectivity index (χ3n) is 6.91. The summed E-state index contributed by atoms with van der Waals surface area (Å²) in [6.07, 6.45) is 6.17. The van der Waals surface area contributed by atoms with E-state index in [9.17, 15) is 9.18 Å². The smallest absolute Gasteiger partial charge is 0.251 e. The zero-order chi connectivity index (χ0) is 21.0. The highest BCUT2D eigenvalue weighted by atomic mass is 19.1. The van der Waals surface area contributed by atoms with Crippen LogP contribution in [0.5, 0.6) is 0 Å². The van der Waals surface area contributed by atoms with Gasteiger partial charge in [-0.15, -0.1) is 0 Å². The standard InChI is InChI=1S/C23H33FN4O2/c1-25-22(28-14-12-27(13-15-28)21(29)20-5-4-16-30-20)26-17-23(10-2-3-11-23)18-6-8-19(24)9-7-18/h6-9,20H,2-5,10-17H2,1H3,(H,25,26). The first kappa shape index (κ1) is 21.1.